The Labute approximate surface area is 251 Å². The second-order valence-corrected chi connectivity index (χ2v) is 12.7. The fourth-order valence-electron chi connectivity index (χ4n) is 7.11. The Morgan fingerprint density at radius 2 is 1.98 bits per heavy atom. The molecule has 0 fully saturated rings. The van der Waals surface area contributed by atoms with Crippen LogP contribution < -0.4 is 10.6 Å². The maximum atomic E-state index is 13.8. The molecular formula is C32H28ClN7O3. The third kappa shape index (κ3) is 3.86. The van der Waals surface area contributed by atoms with Gasteiger partial charge in [-0.1, -0.05) is 23.7 Å². The van der Waals surface area contributed by atoms with Crippen LogP contribution in [0.5, 0.6) is 0 Å². The molecule has 10 nitrogen and oxygen atoms in total. The molecule has 0 saturated carbocycles. The highest BCUT2D eigenvalue weighted by atomic mass is 35.5. The van der Waals surface area contributed by atoms with E-state index in [0.717, 1.165) is 38.7 Å². The largest absolute Gasteiger partial charge is 0.384 e. The van der Waals surface area contributed by atoms with E-state index in [4.69, 9.17) is 16.6 Å². The smallest absolute Gasteiger partial charge is 0.251 e. The van der Waals surface area contributed by atoms with Gasteiger partial charge in [-0.15, -0.1) is 0 Å². The Morgan fingerprint density at radius 1 is 1.14 bits per heavy atom. The molecule has 2 amide bonds. The third-order valence-corrected chi connectivity index (χ3v) is 9.50. The van der Waals surface area contributed by atoms with Gasteiger partial charge in [0.25, 0.3) is 5.91 Å². The van der Waals surface area contributed by atoms with Crippen molar-refractivity contribution in [3.63, 3.8) is 0 Å². The van der Waals surface area contributed by atoms with Crippen molar-refractivity contribution in [1.82, 2.24) is 30.0 Å². The molecule has 2 atom stereocenters. The molecule has 0 radical (unpaired) electrons. The normalized spacial score (nSPS) is 20.4. The van der Waals surface area contributed by atoms with Crippen molar-refractivity contribution >= 4 is 40.1 Å². The van der Waals surface area contributed by atoms with E-state index in [1.54, 1.807) is 32.4 Å². The predicted molar refractivity (Wildman–Crippen MR) is 160 cm³/mol. The molecule has 0 bridgehead atoms. The molecule has 5 aromatic rings. The summed E-state index contributed by atoms with van der Waals surface area (Å²) in [5, 5.41) is 25.8. The lowest BCUT2D eigenvalue weighted by Gasteiger charge is -2.22. The van der Waals surface area contributed by atoms with E-state index in [2.05, 4.69) is 25.8 Å². The average Bonchev–Trinajstić information content (AvgIpc) is 3.74. The number of aromatic amines is 1. The molecule has 43 heavy (non-hydrogen) atoms. The maximum absolute atomic E-state index is 13.8. The number of anilines is 1. The first-order chi connectivity index (χ1) is 20.6. The van der Waals surface area contributed by atoms with Crippen molar-refractivity contribution in [3.05, 3.63) is 105 Å². The number of nitrogens with one attached hydrogen (secondary N) is 3. The third-order valence-electron chi connectivity index (χ3n) is 9.21. The highest BCUT2D eigenvalue weighted by molar-refractivity contribution is 6.35. The molecule has 3 aliphatic rings. The topological polar surface area (TPSA) is 138 Å². The summed E-state index contributed by atoms with van der Waals surface area (Å²) < 4.78 is 1.98. The fourth-order valence-corrected chi connectivity index (χ4v) is 7.38. The first-order valence-electron chi connectivity index (χ1n) is 14.2. The Morgan fingerprint density at radius 3 is 2.81 bits per heavy atom. The van der Waals surface area contributed by atoms with Crippen LogP contribution in [0.4, 0.5) is 5.82 Å². The van der Waals surface area contributed by atoms with Gasteiger partial charge in [0, 0.05) is 29.1 Å². The van der Waals surface area contributed by atoms with Gasteiger partial charge in [-0.2, -0.15) is 5.10 Å². The van der Waals surface area contributed by atoms with Crippen LogP contribution in [0.25, 0.3) is 10.9 Å². The number of halogens is 1. The zero-order chi connectivity index (χ0) is 29.7. The lowest BCUT2D eigenvalue weighted by atomic mass is 9.79. The van der Waals surface area contributed by atoms with Gasteiger partial charge >= 0.3 is 0 Å². The second-order valence-electron chi connectivity index (χ2n) is 12.3. The quantitative estimate of drug-likeness (QED) is 0.249. The van der Waals surface area contributed by atoms with E-state index >= 15 is 0 Å². The monoisotopic (exact) mass is 593 g/mol. The summed E-state index contributed by atoms with van der Waals surface area (Å²) in [6.07, 6.45) is 6.64. The van der Waals surface area contributed by atoms with Crippen LogP contribution in [-0.4, -0.2) is 41.7 Å². The van der Waals surface area contributed by atoms with Crippen LogP contribution in [0.3, 0.4) is 0 Å². The van der Waals surface area contributed by atoms with Crippen LogP contribution >= 0.6 is 11.6 Å². The second kappa shape index (κ2) is 8.98. The average molecular weight is 594 g/mol. The van der Waals surface area contributed by atoms with Gasteiger partial charge in [-0.3, -0.25) is 14.7 Å². The van der Waals surface area contributed by atoms with Crippen molar-refractivity contribution < 1.29 is 14.7 Å². The molecule has 3 aromatic heterocycles. The van der Waals surface area contributed by atoms with Crippen LogP contribution in [0, 0.1) is 0 Å². The number of imidazole rings is 1. The maximum Gasteiger partial charge on any atom is 0.251 e. The van der Waals surface area contributed by atoms with Crippen molar-refractivity contribution in [2.24, 2.45) is 0 Å². The SMILES string of the molecule is CC(C)(O)c1cnc2n1Cc1c(cc(Cl)c3[nH]ncc13)CC2NC(=O)c1ccc2c(c1)CC1(C2)C(=O)Nc2ncccc21. The highest BCUT2D eigenvalue weighted by Gasteiger charge is 2.51. The number of carbonyl (C=O) groups is 2. The van der Waals surface area contributed by atoms with Gasteiger partial charge in [0.05, 0.1) is 46.6 Å². The molecule has 1 aliphatic carbocycles. The van der Waals surface area contributed by atoms with Gasteiger partial charge in [-0.25, -0.2) is 9.97 Å². The minimum Gasteiger partial charge on any atom is -0.384 e. The number of hydrogen-bond donors (Lipinski definition) is 4. The molecule has 2 unspecified atom stereocenters. The number of carbonyl (C=O) groups excluding carboxylic acids is 2. The molecule has 1 spiro atoms. The minimum atomic E-state index is -1.15. The zero-order valence-electron chi connectivity index (χ0n) is 23.5. The molecule has 0 saturated heterocycles. The van der Waals surface area contributed by atoms with E-state index < -0.39 is 17.1 Å². The number of rotatable bonds is 3. The standard InChI is InChI=1S/C32H28ClN7O3/c1-31(2,43)25-14-35-28-24(10-18-9-23(33)26-20(13-36-39-26)21(18)15-40(25)28)37-29(41)16-5-6-17-11-32(12-19(17)8-16)22-4-3-7-34-27(22)38-30(32)42/h3-9,13-14,24,43H,10-12,15H2,1-2H3,(H,36,39)(H,37,41)(H,34,38,42). The van der Waals surface area contributed by atoms with Gasteiger partial charge in [0.1, 0.15) is 17.2 Å². The number of fused-ring (bicyclic) bond motifs is 7. The van der Waals surface area contributed by atoms with E-state index in [1.165, 1.54) is 0 Å². The Balaban J connectivity index is 1.14. The summed E-state index contributed by atoms with van der Waals surface area (Å²) in [4.78, 5) is 36.0. The summed E-state index contributed by atoms with van der Waals surface area (Å²) in [5.41, 5.74) is 4.97. The van der Waals surface area contributed by atoms with Crippen molar-refractivity contribution in [2.75, 3.05) is 5.32 Å². The van der Waals surface area contributed by atoms with E-state index in [-0.39, 0.29) is 11.8 Å². The zero-order valence-corrected chi connectivity index (χ0v) is 24.3. The van der Waals surface area contributed by atoms with E-state index in [0.29, 0.717) is 53.7 Å². The van der Waals surface area contributed by atoms with Crippen LogP contribution in [-0.2, 0) is 41.6 Å². The van der Waals surface area contributed by atoms with Crippen LogP contribution in [0.15, 0.2) is 55.0 Å². The first-order valence-corrected chi connectivity index (χ1v) is 14.6. The molecule has 5 heterocycles. The lowest BCUT2D eigenvalue weighted by molar-refractivity contribution is -0.120. The molecular weight excluding hydrogens is 566 g/mol. The van der Waals surface area contributed by atoms with Gasteiger partial charge in [0.15, 0.2) is 0 Å². The number of aromatic nitrogens is 5. The Hall–Kier alpha value is -4.54. The summed E-state index contributed by atoms with van der Waals surface area (Å²) in [5.74, 6) is 0.965. The lowest BCUT2D eigenvalue weighted by Crippen LogP contribution is -2.35. The van der Waals surface area contributed by atoms with Gasteiger partial charge in [-0.05, 0) is 73.2 Å². The van der Waals surface area contributed by atoms with Crippen LogP contribution in [0.1, 0.15) is 69.6 Å². The van der Waals surface area contributed by atoms with Crippen molar-refractivity contribution in [3.8, 4) is 0 Å². The number of aliphatic hydroxyl groups is 1. The van der Waals surface area contributed by atoms with E-state index in [1.807, 2.05) is 41.0 Å². The van der Waals surface area contributed by atoms with Gasteiger partial charge in [0.2, 0.25) is 5.91 Å². The molecule has 4 N–H and O–H groups in total. The summed E-state index contributed by atoms with van der Waals surface area (Å²) in [7, 11) is 0. The number of pyridine rings is 1. The van der Waals surface area contributed by atoms with Crippen molar-refractivity contribution in [2.45, 2.75) is 56.7 Å². The van der Waals surface area contributed by atoms with Gasteiger partial charge < -0.3 is 20.3 Å². The molecule has 8 rings (SSSR count). The van der Waals surface area contributed by atoms with Crippen molar-refractivity contribution in [1.29, 1.82) is 0 Å². The number of nitrogens with zero attached hydrogens (tertiary/aromatic N) is 4. The first kappa shape index (κ1) is 26.1. The summed E-state index contributed by atoms with van der Waals surface area (Å²) >= 11 is 6.62. The van der Waals surface area contributed by atoms with E-state index in [9.17, 15) is 14.7 Å². The molecule has 2 aliphatic heterocycles. The number of hydrogen-bond acceptors (Lipinski definition) is 6. The fraction of sp³-hybridized carbons (Fsp3) is 0.281. The van der Waals surface area contributed by atoms with Crippen LogP contribution in [0.2, 0.25) is 5.02 Å². The Kier molecular flexibility index (Phi) is 5.45. The Bertz CT molecular complexity index is 2010. The predicted octanol–water partition coefficient (Wildman–Crippen LogP) is 4.10. The molecule has 216 valence electrons. The number of H-pyrrole nitrogens is 1. The minimum absolute atomic E-state index is 0.0552. The molecule has 11 heteroatoms. The summed E-state index contributed by atoms with van der Waals surface area (Å²) in [6, 6.07) is 10.9. The summed E-state index contributed by atoms with van der Waals surface area (Å²) in [6.45, 7) is 3.90. The number of amides is 2. The number of benzene rings is 2. The highest BCUT2D eigenvalue weighted by Crippen LogP contribution is 2.46. The molecule has 2 aromatic carbocycles.